The molecule has 0 aliphatic heterocycles. The zero-order valence-corrected chi connectivity index (χ0v) is 15.5. The number of benzene rings is 1. The van der Waals surface area contributed by atoms with Crippen LogP contribution in [0.2, 0.25) is 0 Å². The van der Waals surface area contributed by atoms with E-state index in [0.717, 1.165) is 41.5 Å². The Balaban J connectivity index is 2.89. The predicted octanol–water partition coefficient (Wildman–Crippen LogP) is 5.29. The molecule has 21 heavy (non-hydrogen) atoms. The molecule has 0 aromatic heterocycles. The van der Waals surface area contributed by atoms with Crippen LogP contribution in [0.5, 0.6) is 0 Å². The lowest BCUT2D eigenvalue weighted by molar-refractivity contribution is 0.0740. The second-order valence-electron chi connectivity index (χ2n) is 6.57. The SMILES string of the molecule is Cc1c(Br)cccc1C(=O)N(CCC(C)C)CCC(C)C. The number of hydrogen-bond donors (Lipinski definition) is 0. The van der Waals surface area contributed by atoms with Crippen molar-refractivity contribution in [3.05, 3.63) is 33.8 Å². The first kappa shape index (κ1) is 18.2. The minimum absolute atomic E-state index is 0.162. The zero-order chi connectivity index (χ0) is 16.0. The lowest BCUT2D eigenvalue weighted by Crippen LogP contribution is -2.34. The first-order chi connectivity index (χ1) is 9.82. The van der Waals surface area contributed by atoms with E-state index < -0.39 is 0 Å². The molecule has 1 aromatic rings. The predicted molar refractivity (Wildman–Crippen MR) is 93.7 cm³/mol. The van der Waals surface area contributed by atoms with Crippen molar-refractivity contribution in [3.8, 4) is 0 Å². The minimum Gasteiger partial charge on any atom is -0.339 e. The van der Waals surface area contributed by atoms with Gasteiger partial charge in [-0.2, -0.15) is 0 Å². The smallest absolute Gasteiger partial charge is 0.254 e. The van der Waals surface area contributed by atoms with Crippen LogP contribution in [0.15, 0.2) is 22.7 Å². The van der Waals surface area contributed by atoms with Gasteiger partial charge in [0.05, 0.1) is 0 Å². The number of nitrogens with zero attached hydrogens (tertiary/aromatic N) is 1. The average molecular weight is 354 g/mol. The fourth-order valence-electron chi connectivity index (χ4n) is 2.15. The van der Waals surface area contributed by atoms with E-state index in [9.17, 15) is 4.79 Å². The Labute approximate surface area is 138 Å². The maximum atomic E-state index is 12.8. The van der Waals surface area contributed by atoms with Crippen LogP contribution in [-0.2, 0) is 0 Å². The van der Waals surface area contributed by atoms with E-state index >= 15 is 0 Å². The standard InChI is InChI=1S/C18H28BrNO/c1-13(2)9-11-20(12-10-14(3)4)18(21)16-7-6-8-17(19)15(16)5/h6-8,13-14H,9-12H2,1-5H3. The van der Waals surface area contributed by atoms with Crippen LogP contribution in [0.4, 0.5) is 0 Å². The Morgan fingerprint density at radius 3 is 2.10 bits per heavy atom. The molecular weight excluding hydrogens is 326 g/mol. The third-order valence-corrected chi connectivity index (χ3v) is 4.60. The monoisotopic (exact) mass is 353 g/mol. The largest absolute Gasteiger partial charge is 0.339 e. The third-order valence-electron chi connectivity index (χ3n) is 3.74. The molecule has 0 bridgehead atoms. The van der Waals surface area contributed by atoms with Gasteiger partial charge in [-0.3, -0.25) is 4.79 Å². The van der Waals surface area contributed by atoms with Crippen LogP contribution in [-0.4, -0.2) is 23.9 Å². The number of halogens is 1. The van der Waals surface area contributed by atoms with Gasteiger partial charge >= 0.3 is 0 Å². The number of carbonyl (C=O) groups is 1. The maximum Gasteiger partial charge on any atom is 0.254 e. The molecule has 2 nitrogen and oxygen atoms in total. The molecule has 0 atom stereocenters. The highest BCUT2D eigenvalue weighted by Crippen LogP contribution is 2.21. The van der Waals surface area contributed by atoms with Crippen molar-refractivity contribution in [2.24, 2.45) is 11.8 Å². The molecule has 0 N–H and O–H groups in total. The quantitative estimate of drug-likeness (QED) is 0.651. The lowest BCUT2D eigenvalue weighted by atomic mass is 10.0. The average Bonchev–Trinajstić information content (AvgIpc) is 2.40. The molecule has 0 radical (unpaired) electrons. The summed E-state index contributed by atoms with van der Waals surface area (Å²) >= 11 is 3.52. The molecule has 0 aliphatic carbocycles. The Morgan fingerprint density at radius 2 is 1.62 bits per heavy atom. The second kappa shape index (κ2) is 8.57. The molecule has 0 heterocycles. The molecule has 0 saturated carbocycles. The fourth-order valence-corrected chi connectivity index (χ4v) is 2.52. The summed E-state index contributed by atoms with van der Waals surface area (Å²) in [5.74, 6) is 1.39. The van der Waals surface area contributed by atoms with Crippen molar-refractivity contribution in [2.45, 2.75) is 47.5 Å². The molecule has 0 spiro atoms. The summed E-state index contributed by atoms with van der Waals surface area (Å²) in [6.45, 7) is 12.5. The molecule has 3 heteroatoms. The van der Waals surface area contributed by atoms with E-state index in [1.165, 1.54) is 0 Å². The first-order valence-corrected chi connectivity index (χ1v) is 8.66. The molecular formula is C18H28BrNO. The second-order valence-corrected chi connectivity index (χ2v) is 7.42. The van der Waals surface area contributed by atoms with Crippen molar-refractivity contribution in [3.63, 3.8) is 0 Å². The van der Waals surface area contributed by atoms with Gasteiger partial charge in [-0.25, -0.2) is 0 Å². The van der Waals surface area contributed by atoms with Gasteiger partial charge in [0.15, 0.2) is 0 Å². The van der Waals surface area contributed by atoms with Crippen LogP contribution >= 0.6 is 15.9 Å². The van der Waals surface area contributed by atoms with Crippen molar-refractivity contribution < 1.29 is 4.79 Å². The van der Waals surface area contributed by atoms with Crippen molar-refractivity contribution >= 4 is 21.8 Å². The summed E-state index contributed by atoms with van der Waals surface area (Å²) in [5.41, 5.74) is 1.85. The van der Waals surface area contributed by atoms with Crippen LogP contribution in [0.3, 0.4) is 0 Å². The highest BCUT2D eigenvalue weighted by Gasteiger charge is 2.18. The summed E-state index contributed by atoms with van der Waals surface area (Å²) < 4.78 is 1.00. The van der Waals surface area contributed by atoms with Crippen LogP contribution in [0.1, 0.15) is 56.5 Å². The summed E-state index contributed by atoms with van der Waals surface area (Å²) in [5, 5.41) is 0. The Morgan fingerprint density at radius 1 is 1.10 bits per heavy atom. The molecule has 0 unspecified atom stereocenters. The van der Waals surface area contributed by atoms with Crippen molar-refractivity contribution in [2.75, 3.05) is 13.1 Å². The van der Waals surface area contributed by atoms with Gasteiger partial charge in [0.2, 0.25) is 0 Å². The molecule has 0 aliphatic rings. The van der Waals surface area contributed by atoms with Gasteiger partial charge in [0.1, 0.15) is 0 Å². The molecule has 1 aromatic carbocycles. The number of rotatable bonds is 7. The lowest BCUT2D eigenvalue weighted by Gasteiger charge is -2.25. The van der Waals surface area contributed by atoms with Crippen molar-refractivity contribution in [1.82, 2.24) is 4.90 Å². The van der Waals surface area contributed by atoms with Crippen molar-refractivity contribution in [1.29, 1.82) is 0 Å². The number of hydrogen-bond acceptors (Lipinski definition) is 1. The summed E-state index contributed by atoms with van der Waals surface area (Å²) in [7, 11) is 0. The molecule has 1 rings (SSSR count). The normalized spacial score (nSPS) is 11.2. The van der Waals surface area contributed by atoms with Gasteiger partial charge in [-0.15, -0.1) is 0 Å². The Kier molecular flexibility index (Phi) is 7.44. The Bertz CT molecular complexity index is 456. The highest BCUT2D eigenvalue weighted by molar-refractivity contribution is 9.10. The number of amides is 1. The zero-order valence-electron chi connectivity index (χ0n) is 13.9. The van der Waals surface area contributed by atoms with Gasteiger partial charge in [-0.05, 0) is 49.3 Å². The molecule has 118 valence electrons. The van der Waals surface area contributed by atoms with E-state index in [1.54, 1.807) is 0 Å². The van der Waals surface area contributed by atoms with Gasteiger partial charge in [0, 0.05) is 23.1 Å². The first-order valence-electron chi connectivity index (χ1n) is 7.87. The van der Waals surface area contributed by atoms with E-state index in [4.69, 9.17) is 0 Å². The highest BCUT2D eigenvalue weighted by atomic mass is 79.9. The van der Waals surface area contributed by atoms with Crippen LogP contribution in [0, 0.1) is 18.8 Å². The molecule has 0 fully saturated rings. The minimum atomic E-state index is 0.162. The topological polar surface area (TPSA) is 20.3 Å². The fraction of sp³-hybridized carbons (Fsp3) is 0.611. The van der Waals surface area contributed by atoms with E-state index in [0.29, 0.717) is 11.8 Å². The third kappa shape index (κ3) is 5.82. The van der Waals surface area contributed by atoms with Gasteiger partial charge in [0.25, 0.3) is 5.91 Å². The maximum absolute atomic E-state index is 12.8. The molecule has 0 saturated heterocycles. The summed E-state index contributed by atoms with van der Waals surface area (Å²) in [4.78, 5) is 14.9. The van der Waals surface area contributed by atoms with E-state index in [2.05, 4.69) is 43.6 Å². The van der Waals surface area contributed by atoms with Gasteiger partial charge in [-0.1, -0.05) is 49.7 Å². The summed E-state index contributed by atoms with van der Waals surface area (Å²) in [6, 6.07) is 5.85. The van der Waals surface area contributed by atoms with E-state index in [1.807, 2.05) is 30.0 Å². The van der Waals surface area contributed by atoms with Gasteiger partial charge < -0.3 is 4.90 Å². The van der Waals surface area contributed by atoms with Crippen LogP contribution in [0.25, 0.3) is 0 Å². The Hall–Kier alpha value is -0.830. The summed E-state index contributed by atoms with van der Waals surface area (Å²) in [6.07, 6.45) is 2.10. The van der Waals surface area contributed by atoms with Crippen LogP contribution < -0.4 is 0 Å². The molecule has 1 amide bonds. The number of carbonyl (C=O) groups excluding carboxylic acids is 1. The van der Waals surface area contributed by atoms with E-state index in [-0.39, 0.29) is 5.91 Å².